The first-order valence-electron chi connectivity index (χ1n) is 4.84. The van der Waals surface area contributed by atoms with E-state index in [2.05, 4.69) is 41.8 Å². The van der Waals surface area contributed by atoms with Crippen molar-refractivity contribution in [1.29, 1.82) is 0 Å². The van der Waals surface area contributed by atoms with Crippen LogP contribution in [-0.4, -0.2) is 15.1 Å². The molecule has 1 heterocycles. The number of hydrogen-bond acceptors (Lipinski definition) is 1. The molecule has 4 heteroatoms. The highest BCUT2D eigenvalue weighted by Gasteiger charge is 2.13. The molecule has 1 atom stereocenters. The summed E-state index contributed by atoms with van der Waals surface area (Å²) in [7, 11) is 0. The van der Waals surface area contributed by atoms with Crippen molar-refractivity contribution >= 4 is 27.5 Å². The maximum atomic E-state index is 6.09. The molecular weight excluding hydrogens is 263 g/mol. The van der Waals surface area contributed by atoms with Crippen LogP contribution in [-0.2, 0) is 6.42 Å². The fourth-order valence-corrected chi connectivity index (χ4v) is 1.82. The molecule has 0 bridgehead atoms. The van der Waals surface area contributed by atoms with Gasteiger partial charge in [0.05, 0.1) is 16.9 Å². The van der Waals surface area contributed by atoms with Gasteiger partial charge in [-0.25, -0.2) is 0 Å². The molecule has 0 aliphatic heterocycles. The van der Waals surface area contributed by atoms with Gasteiger partial charge in [0.25, 0.3) is 0 Å². The molecule has 0 aromatic carbocycles. The van der Waals surface area contributed by atoms with Gasteiger partial charge >= 0.3 is 0 Å². The van der Waals surface area contributed by atoms with Crippen LogP contribution in [0, 0.1) is 5.92 Å². The third kappa shape index (κ3) is 2.74. The van der Waals surface area contributed by atoms with Crippen molar-refractivity contribution in [2.24, 2.45) is 5.92 Å². The quantitative estimate of drug-likeness (QED) is 0.769. The fourth-order valence-electron chi connectivity index (χ4n) is 1.39. The van der Waals surface area contributed by atoms with Crippen molar-refractivity contribution in [3.05, 3.63) is 16.9 Å². The van der Waals surface area contributed by atoms with E-state index in [1.165, 1.54) is 0 Å². The molecule has 0 saturated heterocycles. The molecule has 0 radical (unpaired) electrons. The lowest BCUT2D eigenvalue weighted by molar-refractivity contribution is 0.491. The Balaban J connectivity index is 2.88. The van der Waals surface area contributed by atoms with Crippen LogP contribution < -0.4 is 0 Å². The molecule has 0 saturated carbocycles. The smallest absolute Gasteiger partial charge is 0.0818 e. The van der Waals surface area contributed by atoms with Crippen LogP contribution in [0.4, 0.5) is 0 Å². The van der Waals surface area contributed by atoms with Gasteiger partial charge < -0.3 is 0 Å². The van der Waals surface area contributed by atoms with Crippen molar-refractivity contribution in [1.82, 2.24) is 9.78 Å². The zero-order chi connectivity index (χ0) is 10.7. The lowest BCUT2D eigenvalue weighted by atomic mass is 10.1. The average Bonchev–Trinajstić information content (AvgIpc) is 2.48. The fraction of sp³-hybridized carbons (Fsp3) is 0.700. The average molecular weight is 280 g/mol. The summed E-state index contributed by atoms with van der Waals surface area (Å²) in [6.07, 6.45) is 2.71. The summed E-state index contributed by atoms with van der Waals surface area (Å²) in [5.41, 5.74) is 1.15. The highest BCUT2D eigenvalue weighted by atomic mass is 79.9. The predicted molar refractivity (Wildman–Crippen MR) is 64.3 cm³/mol. The Hall–Kier alpha value is -0.0200. The van der Waals surface area contributed by atoms with E-state index in [1.807, 2.05) is 4.68 Å². The number of nitrogens with zero attached hydrogens (tertiary/aromatic N) is 2. The molecule has 0 aliphatic rings. The van der Waals surface area contributed by atoms with Gasteiger partial charge in [-0.15, -0.1) is 0 Å². The largest absolute Gasteiger partial charge is 0.266 e. The van der Waals surface area contributed by atoms with Crippen LogP contribution in [0.3, 0.4) is 0 Å². The van der Waals surface area contributed by atoms with Gasteiger partial charge in [-0.2, -0.15) is 5.10 Å². The SMILES string of the molecule is CC(CBr)Cc1c(Cl)cnn1C(C)C. The minimum Gasteiger partial charge on any atom is -0.266 e. The molecule has 2 nitrogen and oxygen atoms in total. The summed E-state index contributed by atoms with van der Waals surface area (Å²) in [6.45, 7) is 6.43. The second kappa shape index (κ2) is 5.17. The Bertz CT molecular complexity index is 296. The Morgan fingerprint density at radius 3 is 2.64 bits per heavy atom. The van der Waals surface area contributed by atoms with Crippen molar-refractivity contribution in [3.8, 4) is 0 Å². The maximum absolute atomic E-state index is 6.09. The van der Waals surface area contributed by atoms with Gasteiger partial charge in [0, 0.05) is 11.4 Å². The van der Waals surface area contributed by atoms with E-state index in [4.69, 9.17) is 11.6 Å². The zero-order valence-electron chi connectivity index (χ0n) is 8.80. The van der Waals surface area contributed by atoms with Gasteiger partial charge in [0.15, 0.2) is 0 Å². The highest BCUT2D eigenvalue weighted by Crippen LogP contribution is 2.22. The standard InChI is InChI=1S/C10H16BrClN2/c1-7(2)14-10(4-8(3)5-11)9(12)6-13-14/h6-8H,4-5H2,1-3H3. The van der Waals surface area contributed by atoms with Crippen molar-refractivity contribution < 1.29 is 0 Å². The zero-order valence-corrected chi connectivity index (χ0v) is 11.1. The Labute approximate surface area is 98.8 Å². The van der Waals surface area contributed by atoms with Gasteiger partial charge in [-0.3, -0.25) is 4.68 Å². The van der Waals surface area contributed by atoms with Gasteiger partial charge in [0.1, 0.15) is 0 Å². The molecule has 0 N–H and O–H groups in total. The van der Waals surface area contributed by atoms with Crippen molar-refractivity contribution in [2.75, 3.05) is 5.33 Å². The predicted octanol–water partition coefficient (Wildman–Crippen LogP) is 3.69. The molecule has 80 valence electrons. The van der Waals surface area contributed by atoms with Crippen LogP contribution in [0.25, 0.3) is 0 Å². The highest BCUT2D eigenvalue weighted by molar-refractivity contribution is 9.09. The van der Waals surface area contributed by atoms with Crippen LogP contribution in [0.2, 0.25) is 5.02 Å². The van der Waals surface area contributed by atoms with E-state index in [0.29, 0.717) is 12.0 Å². The number of aromatic nitrogens is 2. The number of alkyl halides is 1. The van der Waals surface area contributed by atoms with Crippen LogP contribution in [0.1, 0.15) is 32.5 Å². The molecule has 0 fully saturated rings. The van der Waals surface area contributed by atoms with Crippen LogP contribution >= 0.6 is 27.5 Å². The van der Waals surface area contributed by atoms with E-state index in [9.17, 15) is 0 Å². The number of hydrogen-bond donors (Lipinski definition) is 0. The number of rotatable bonds is 4. The summed E-state index contributed by atoms with van der Waals surface area (Å²) in [4.78, 5) is 0. The molecule has 1 unspecified atom stereocenters. The van der Waals surface area contributed by atoms with E-state index < -0.39 is 0 Å². The Kier molecular flexibility index (Phi) is 4.45. The first-order chi connectivity index (χ1) is 6.56. The Morgan fingerprint density at radius 2 is 2.14 bits per heavy atom. The van der Waals surface area contributed by atoms with Gasteiger partial charge in [-0.05, 0) is 26.2 Å². The van der Waals surface area contributed by atoms with Gasteiger partial charge in [-0.1, -0.05) is 34.5 Å². The van der Waals surface area contributed by atoms with Gasteiger partial charge in [0.2, 0.25) is 0 Å². The van der Waals surface area contributed by atoms with Crippen molar-refractivity contribution in [3.63, 3.8) is 0 Å². The van der Waals surface area contributed by atoms with E-state index in [1.54, 1.807) is 6.20 Å². The third-order valence-electron chi connectivity index (χ3n) is 2.14. The normalized spacial score (nSPS) is 13.6. The molecule has 0 aliphatic carbocycles. The first kappa shape index (κ1) is 12.1. The summed E-state index contributed by atoms with van der Waals surface area (Å²) in [5.74, 6) is 0.585. The van der Waals surface area contributed by atoms with Crippen LogP contribution in [0.5, 0.6) is 0 Å². The van der Waals surface area contributed by atoms with E-state index in [0.717, 1.165) is 22.5 Å². The second-order valence-corrected chi connectivity index (χ2v) is 5.00. The summed E-state index contributed by atoms with van der Waals surface area (Å²) in [6, 6.07) is 0.375. The van der Waals surface area contributed by atoms with Crippen LogP contribution in [0.15, 0.2) is 6.20 Å². The minimum absolute atomic E-state index is 0.375. The summed E-state index contributed by atoms with van der Waals surface area (Å²) < 4.78 is 2.00. The summed E-state index contributed by atoms with van der Waals surface area (Å²) in [5, 5.41) is 6.05. The third-order valence-corrected chi connectivity index (χ3v) is 3.56. The number of halogens is 2. The van der Waals surface area contributed by atoms with Crippen molar-refractivity contribution in [2.45, 2.75) is 33.2 Å². The minimum atomic E-state index is 0.375. The topological polar surface area (TPSA) is 17.8 Å². The lowest BCUT2D eigenvalue weighted by Crippen LogP contribution is -2.11. The van der Waals surface area contributed by atoms with E-state index >= 15 is 0 Å². The molecule has 0 amide bonds. The lowest BCUT2D eigenvalue weighted by Gasteiger charge is -2.13. The molecule has 14 heavy (non-hydrogen) atoms. The molecule has 1 rings (SSSR count). The maximum Gasteiger partial charge on any atom is 0.0818 e. The molecule has 1 aromatic rings. The Morgan fingerprint density at radius 1 is 1.50 bits per heavy atom. The van der Waals surface area contributed by atoms with E-state index in [-0.39, 0.29) is 0 Å². The molecule has 0 spiro atoms. The molecular formula is C10H16BrClN2. The first-order valence-corrected chi connectivity index (χ1v) is 6.34. The second-order valence-electron chi connectivity index (χ2n) is 3.94. The summed E-state index contributed by atoms with van der Waals surface area (Å²) >= 11 is 9.57. The molecule has 1 aromatic heterocycles. The monoisotopic (exact) mass is 278 g/mol.